The fraction of sp³-hybridized carbons (Fsp3) is 0.474. The van der Waals surface area contributed by atoms with Crippen LogP contribution in [-0.4, -0.2) is 23.0 Å². The molecule has 1 amide bonds. The molecule has 1 fully saturated rings. The van der Waals surface area contributed by atoms with Gasteiger partial charge in [0.1, 0.15) is 0 Å². The molecule has 1 aromatic carbocycles. The van der Waals surface area contributed by atoms with Gasteiger partial charge in [-0.15, -0.1) is 24.8 Å². The molecule has 0 aliphatic heterocycles. The number of rotatable bonds is 6. The van der Waals surface area contributed by atoms with Crippen LogP contribution in [-0.2, 0) is 0 Å². The molecule has 0 saturated heterocycles. The molecule has 0 radical (unpaired) electrons. The Morgan fingerprint density at radius 3 is 2.48 bits per heavy atom. The molecule has 0 bridgehead atoms. The van der Waals surface area contributed by atoms with Crippen molar-refractivity contribution in [2.75, 3.05) is 6.54 Å². The topological polar surface area (TPSA) is 68.0 Å². The minimum Gasteiger partial charge on any atom is -0.350 e. The molecule has 1 aliphatic rings. The highest BCUT2D eigenvalue weighted by atomic mass is 35.5. The van der Waals surface area contributed by atoms with E-state index in [2.05, 4.69) is 19.2 Å². The summed E-state index contributed by atoms with van der Waals surface area (Å²) in [6.45, 7) is 4.61. The van der Waals surface area contributed by atoms with Gasteiger partial charge in [-0.2, -0.15) is 0 Å². The van der Waals surface area contributed by atoms with E-state index in [-0.39, 0.29) is 36.3 Å². The zero-order valence-corrected chi connectivity index (χ0v) is 16.4. The minimum atomic E-state index is -0.335. The molecule has 1 heterocycles. The Hall–Kier alpha value is -1.36. The van der Waals surface area contributed by atoms with Crippen LogP contribution in [0.4, 0.5) is 0 Å². The summed E-state index contributed by atoms with van der Waals surface area (Å²) >= 11 is 0. The minimum absolute atomic E-state index is 0. The van der Waals surface area contributed by atoms with Gasteiger partial charge in [-0.3, -0.25) is 9.78 Å². The van der Waals surface area contributed by atoms with Crippen LogP contribution in [0.1, 0.15) is 61.5 Å². The molecule has 138 valence electrons. The first-order valence-corrected chi connectivity index (χ1v) is 8.53. The lowest BCUT2D eigenvalue weighted by Gasteiger charge is -2.27. The van der Waals surface area contributed by atoms with E-state index in [0.29, 0.717) is 18.0 Å². The lowest BCUT2D eigenvalue weighted by molar-refractivity contribution is 0.0943. The van der Waals surface area contributed by atoms with Crippen molar-refractivity contribution in [3.63, 3.8) is 0 Å². The van der Waals surface area contributed by atoms with Crippen molar-refractivity contribution in [1.29, 1.82) is 0 Å². The number of halogens is 2. The highest BCUT2D eigenvalue weighted by molar-refractivity contribution is 6.06. The second-order valence-corrected chi connectivity index (χ2v) is 6.64. The molecular formula is C19H27Cl2N3O. The van der Waals surface area contributed by atoms with E-state index in [4.69, 9.17) is 10.7 Å². The molecule has 0 spiro atoms. The first-order valence-electron chi connectivity index (χ1n) is 8.53. The van der Waals surface area contributed by atoms with Crippen molar-refractivity contribution >= 4 is 41.6 Å². The highest BCUT2D eigenvalue weighted by Gasteiger charge is 2.27. The number of amides is 1. The Kier molecular flexibility index (Phi) is 7.66. The molecular weight excluding hydrogens is 357 g/mol. The molecule has 0 unspecified atom stereocenters. The number of para-hydroxylation sites is 1. The summed E-state index contributed by atoms with van der Waals surface area (Å²) in [4.78, 5) is 17.5. The number of nitrogens with zero attached hydrogens (tertiary/aromatic N) is 1. The van der Waals surface area contributed by atoms with Gasteiger partial charge in [-0.05, 0) is 37.8 Å². The van der Waals surface area contributed by atoms with Gasteiger partial charge in [-0.1, -0.05) is 32.0 Å². The molecule has 4 nitrogen and oxygen atoms in total. The van der Waals surface area contributed by atoms with Crippen LogP contribution in [0, 0.1) is 0 Å². The van der Waals surface area contributed by atoms with E-state index in [1.54, 1.807) is 0 Å². The van der Waals surface area contributed by atoms with E-state index in [9.17, 15) is 4.79 Å². The molecule has 1 aromatic heterocycles. The lowest BCUT2D eigenvalue weighted by atomic mass is 9.94. The van der Waals surface area contributed by atoms with E-state index in [0.717, 1.165) is 29.4 Å². The number of nitrogens with one attached hydrogen (secondary N) is 1. The van der Waals surface area contributed by atoms with Gasteiger partial charge in [0, 0.05) is 29.1 Å². The third-order valence-corrected chi connectivity index (χ3v) is 4.99. The predicted molar refractivity (Wildman–Crippen MR) is 108 cm³/mol. The fourth-order valence-electron chi connectivity index (χ4n) is 2.82. The Morgan fingerprint density at radius 2 is 1.88 bits per heavy atom. The van der Waals surface area contributed by atoms with Gasteiger partial charge in [0.2, 0.25) is 0 Å². The van der Waals surface area contributed by atoms with E-state index in [1.807, 2.05) is 30.3 Å². The maximum Gasteiger partial charge on any atom is 0.252 e. The van der Waals surface area contributed by atoms with Crippen LogP contribution in [0.5, 0.6) is 0 Å². The molecule has 1 aliphatic carbocycles. The predicted octanol–water partition coefficient (Wildman–Crippen LogP) is 4.20. The van der Waals surface area contributed by atoms with Gasteiger partial charge < -0.3 is 11.1 Å². The summed E-state index contributed by atoms with van der Waals surface area (Å²) < 4.78 is 0. The standard InChI is InChI=1S/C19H25N3O.2ClH/c1-3-19(20,4-2)12-21-18(23)15-11-17(13-9-10-13)22-16-8-6-5-7-14(15)16;;/h5-8,11,13H,3-4,9-10,12,20H2,1-2H3,(H,21,23);2*1H. The third kappa shape index (κ3) is 4.84. The summed E-state index contributed by atoms with van der Waals surface area (Å²) in [5.41, 5.74) is 8.61. The molecule has 3 N–H and O–H groups in total. The number of carbonyl (C=O) groups excluding carboxylic acids is 1. The van der Waals surface area contributed by atoms with E-state index in [1.165, 1.54) is 12.8 Å². The summed E-state index contributed by atoms with van der Waals surface area (Å²) in [5, 5.41) is 3.94. The number of nitrogens with two attached hydrogens (primary N) is 1. The number of aromatic nitrogens is 1. The molecule has 1 saturated carbocycles. The Labute approximate surface area is 161 Å². The first-order chi connectivity index (χ1) is 11.1. The lowest BCUT2D eigenvalue weighted by Crippen LogP contribution is -2.49. The molecule has 3 rings (SSSR count). The quantitative estimate of drug-likeness (QED) is 0.784. The van der Waals surface area contributed by atoms with Crippen LogP contribution in [0.2, 0.25) is 0 Å². The Morgan fingerprint density at radius 1 is 1.24 bits per heavy atom. The smallest absolute Gasteiger partial charge is 0.252 e. The van der Waals surface area contributed by atoms with Crippen molar-refractivity contribution in [1.82, 2.24) is 10.3 Å². The van der Waals surface area contributed by atoms with Crippen LogP contribution < -0.4 is 11.1 Å². The zero-order chi connectivity index (χ0) is 16.4. The zero-order valence-electron chi connectivity index (χ0n) is 14.7. The first kappa shape index (κ1) is 21.7. The second kappa shape index (κ2) is 8.84. The molecule has 2 aromatic rings. The van der Waals surface area contributed by atoms with Gasteiger partial charge in [0.25, 0.3) is 5.91 Å². The SMILES string of the molecule is CCC(N)(CC)CNC(=O)c1cc(C2CC2)nc2ccccc12.Cl.Cl. The highest BCUT2D eigenvalue weighted by Crippen LogP contribution is 2.40. The number of hydrogen-bond acceptors (Lipinski definition) is 3. The van der Waals surface area contributed by atoms with E-state index >= 15 is 0 Å². The summed E-state index contributed by atoms with van der Waals surface area (Å²) in [6, 6.07) is 9.81. The van der Waals surface area contributed by atoms with Crippen molar-refractivity contribution in [3.05, 3.63) is 41.6 Å². The monoisotopic (exact) mass is 383 g/mol. The van der Waals surface area contributed by atoms with Crippen LogP contribution in [0.15, 0.2) is 30.3 Å². The van der Waals surface area contributed by atoms with Crippen molar-refractivity contribution in [2.45, 2.75) is 51.0 Å². The van der Waals surface area contributed by atoms with E-state index < -0.39 is 0 Å². The van der Waals surface area contributed by atoms with Gasteiger partial charge in [-0.25, -0.2) is 0 Å². The second-order valence-electron chi connectivity index (χ2n) is 6.64. The van der Waals surface area contributed by atoms with Crippen molar-refractivity contribution in [2.24, 2.45) is 5.73 Å². The number of benzene rings is 1. The summed E-state index contributed by atoms with van der Waals surface area (Å²) in [5.74, 6) is 0.466. The van der Waals surface area contributed by atoms with Crippen LogP contribution >= 0.6 is 24.8 Å². The number of fused-ring (bicyclic) bond motifs is 1. The maximum atomic E-state index is 12.7. The summed E-state index contributed by atoms with van der Waals surface area (Å²) in [7, 11) is 0. The maximum absolute atomic E-state index is 12.7. The van der Waals surface area contributed by atoms with Gasteiger partial charge in [0.15, 0.2) is 0 Å². The van der Waals surface area contributed by atoms with Gasteiger partial charge in [0.05, 0.1) is 11.1 Å². The average molecular weight is 384 g/mol. The number of carbonyl (C=O) groups is 1. The third-order valence-electron chi connectivity index (χ3n) is 4.99. The molecule has 25 heavy (non-hydrogen) atoms. The Bertz CT molecular complexity index is 728. The van der Waals surface area contributed by atoms with Gasteiger partial charge >= 0.3 is 0 Å². The van der Waals surface area contributed by atoms with Crippen LogP contribution in [0.25, 0.3) is 10.9 Å². The summed E-state index contributed by atoms with van der Waals surface area (Å²) in [6.07, 6.45) is 4.02. The average Bonchev–Trinajstić information content (AvgIpc) is 3.43. The van der Waals surface area contributed by atoms with Crippen molar-refractivity contribution in [3.8, 4) is 0 Å². The Balaban J connectivity index is 0.00000156. The fourth-order valence-corrected chi connectivity index (χ4v) is 2.82. The molecule has 0 atom stereocenters. The van der Waals surface area contributed by atoms with Crippen molar-refractivity contribution < 1.29 is 4.79 Å². The number of pyridine rings is 1. The largest absolute Gasteiger partial charge is 0.350 e. The van der Waals surface area contributed by atoms with Crippen LogP contribution in [0.3, 0.4) is 0 Å². The normalized spacial score (nSPS) is 13.7. The molecule has 6 heteroatoms. The number of hydrogen-bond donors (Lipinski definition) is 2.